The standard InChI is InChI=1S/C27H28N4O2/c1-4-6-21(14-15-28)9-8-20(3)31-27-23(24(7-5-2)29-19-30-27)12-10-22-11-13-25-26(18-22)33-17-16-32-25/h4-9,11-13,18-20H,1-2,10,14,16-17H2,3H3,(H,29,30,31)/b9-8-,21-6+,23-12+,24-7+. The van der Waals surface area contributed by atoms with E-state index < -0.39 is 0 Å². The molecule has 33 heavy (non-hydrogen) atoms. The number of nitrogens with one attached hydrogen (secondary N) is 1. The minimum atomic E-state index is -0.0233. The fraction of sp³-hybridized carbons (Fsp3) is 0.222. The van der Waals surface area contributed by atoms with Crippen molar-refractivity contribution in [2.45, 2.75) is 25.8 Å². The van der Waals surface area contributed by atoms with Gasteiger partial charge >= 0.3 is 0 Å². The first-order chi connectivity index (χ1) is 16.1. The van der Waals surface area contributed by atoms with Crippen LogP contribution in [0.4, 0.5) is 5.82 Å². The zero-order valence-electron chi connectivity index (χ0n) is 18.8. The molecule has 1 aromatic heterocycles. The number of aromatic nitrogens is 2. The number of anilines is 1. The van der Waals surface area contributed by atoms with E-state index in [-0.39, 0.29) is 6.04 Å². The van der Waals surface area contributed by atoms with Crippen molar-refractivity contribution in [3.8, 4) is 17.6 Å². The van der Waals surface area contributed by atoms with Crippen LogP contribution in [0.25, 0.3) is 12.2 Å². The third-order valence-corrected chi connectivity index (χ3v) is 4.92. The van der Waals surface area contributed by atoms with Crippen molar-refractivity contribution in [3.05, 3.63) is 89.8 Å². The molecule has 6 nitrogen and oxygen atoms in total. The third kappa shape index (κ3) is 6.68. The lowest BCUT2D eigenvalue weighted by Crippen LogP contribution is -2.34. The van der Waals surface area contributed by atoms with Crippen LogP contribution in [0.15, 0.2) is 73.6 Å². The number of fused-ring (bicyclic) bond motifs is 1. The largest absolute Gasteiger partial charge is 0.486 e. The summed E-state index contributed by atoms with van der Waals surface area (Å²) in [6.07, 6.45) is 15.7. The normalized spacial score (nSPS) is 15.2. The Labute approximate surface area is 194 Å². The summed E-state index contributed by atoms with van der Waals surface area (Å²) in [6, 6.07) is 8.12. The Morgan fingerprint density at radius 3 is 2.79 bits per heavy atom. The molecule has 0 spiro atoms. The maximum absolute atomic E-state index is 8.98. The zero-order valence-corrected chi connectivity index (χ0v) is 18.8. The van der Waals surface area contributed by atoms with Crippen molar-refractivity contribution in [1.82, 2.24) is 9.97 Å². The maximum Gasteiger partial charge on any atom is 0.161 e. The summed E-state index contributed by atoms with van der Waals surface area (Å²) in [7, 11) is 0. The van der Waals surface area contributed by atoms with E-state index in [4.69, 9.17) is 14.7 Å². The Bertz CT molecular complexity index is 1220. The molecule has 168 valence electrons. The van der Waals surface area contributed by atoms with Crippen LogP contribution in [0.3, 0.4) is 0 Å². The van der Waals surface area contributed by atoms with Gasteiger partial charge in [0.2, 0.25) is 0 Å². The molecule has 2 heterocycles. The van der Waals surface area contributed by atoms with Crippen LogP contribution < -0.4 is 25.4 Å². The van der Waals surface area contributed by atoms with Gasteiger partial charge in [-0.3, -0.25) is 0 Å². The van der Waals surface area contributed by atoms with Crippen LogP contribution in [0.2, 0.25) is 0 Å². The quantitative estimate of drug-likeness (QED) is 0.600. The highest BCUT2D eigenvalue weighted by atomic mass is 16.6. The molecule has 1 aliphatic heterocycles. The molecule has 2 aromatic rings. The molecule has 0 fully saturated rings. The predicted molar refractivity (Wildman–Crippen MR) is 132 cm³/mol. The monoisotopic (exact) mass is 440 g/mol. The molecule has 0 aliphatic carbocycles. The first kappa shape index (κ1) is 23.6. The van der Waals surface area contributed by atoms with Gasteiger partial charge in [-0.15, -0.1) is 0 Å². The molecule has 0 bridgehead atoms. The number of nitrogens with zero attached hydrogens (tertiary/aromatic N) is 3. The predicted octanol–water partition coefficient (Wildman–Crippen LogP) is 3.62. The van der Waals surface area contributed by atoms with Crippen LogP contribution in [0.1, 0.15) is 18.9 Å². The van der Waals surface area contributed by atoms with Gasteiger partial charge in [0.1, 0.15) is 25.4 Å². The van der Waals surface area contributed by atoms with Gasteiger partial charge in [-0.2, -0.15) is 5.26 Å². The van der Waals surface area contributed by atoms with Crippen molar-refractivity contribution in [3.63, 3.8) is 0 Å². The summed E-state index contributed by atoms with van der Waals surface area (Å²) in [4.78, 5) is 8.89. The fourth-order valence-electron chi connectivity index (χ4n) is 3.35. The van der Waals surface area contributed by atoms with Crippen molar-refractivity contribution >= 4 is 18.0 Å². The number of rotatable bonds is 9. The first-order valence-electron chi connectivity index (χ1n) is 10.8. The van der Waals surface area contributed by atoms with E-state index in [1.165, 1.54) is 6.33 Å². The van der Waals surface area contributed by atoms with Gasteiger partial charge in [-0.05, 0) is 42.7 Å². The topological polar surface area (TPSA) is 80.1 Å². The summed E-state index contributed by atoms with van der Waals surface area (Å²) < 4.78 is 11.3. The zero-order chi connectivity index (χ0) is 23.5. The Balaban J connectivity index is 1.88. The molecule has 6 heteroatoms. The first-order valence-corrected chi connectivity index (χ1v) is 10.8. The summed E-state index contributed by atoms with van der Waals surface area (Å²) in [5.41, 5.74) is 2.00. The fourth-order valence-corrected chi connectivity index (χ4v) is 3.35. The van der Waals surface area contributed by atoms with Gasteiger partial charge in [0.25, 0.3) is 0 Å². The Morgan fingerprint density at radius 1 is 1.21 bits per heavy atom. The van der Waals surface area contributed by atoms with Gasteiger partial charge in [0, 0.05) is 11.3 Å². The smallest absolute Gasteiger partial charge is 0.161 e. The van der Waals surface area contributed by atoms with Gasteiger partial charge in [-0.1, -0.05) is 55.7 Å². The van der Waals surface area contributed by atoms with Gasteiger partial charge in [0.15, 0.2) is 11.5 Å². The molecule has 1 unspecified atom stereocenters. The highest BCUT2D eigenvalue weighted by Crippen LogP contribution is 2.30. The van der Waals surface area contributed by atoms with Crippen molar-refractivity contribution in [2.75, 3.05) is 18.5 Å². The molecule has 1 aromatic carbocycles. The minimum Gasteiger partial charge on any atom is -0.486 e. The van der Waals surface area contributed by atoms with E-state index >= 15 is 0 Å². The average Bonchev–Trinajstić information content (AvgIpc) is 2.82. The Kier molecular flexibility index (Phi) is 8.61. The Morgan fingerprint density at radius 2 is 2.03 bits per heavy atom. The second-order valence-electron chi connectivity index (χ2n) is 7.41. The van der Waals surface area contributed by atoms with Crippen LogP contribution >= 0.6 is 0 Å². The van der Waals surface area contributed by atoms with E-state index in [9.17, 15) is 0 Å². The molecule has 0 amide bonds. The molecule has 1 atom stereocenters. The number of hydrogen-bond acceptors (Lipinski definition) is 6. The molecule has 0 saturated heterocycles. The molecule has 0 radical (unpaired) electrons. The highest BCUT2D eigenvalue weighted by Gasteiger charge is 2.11. The number of benzene rings is 1. The van der Waals surface area contributed by atoms with Crippen LogP contribution in [0.5, 0.6) is 11.5 Å². The van der Waals surface area contributed by atoms with E-state index in [0.29, 0.717) is 26.1 Å². The lowest BCUT2D eigenvalue weighted by Gasteiger charge is -2.18. The number of ether oxygens (including phenoxy) is 2. The van der Waals surface area contributed by atoms with Gasteiger partial charge < -0.3 is 14.8 Å². The molecule has 1 N–H and O–H groups in total. The third-order valence-electron chi connectivity index (χ3n) is 4.92. The Hall–Kier alpha value is -4.11. The second kappa shape index (κ2) is 12.1. The van der Waals surface area contributed by atoms with E-state index in [0.717, 1.165) is 39.0 Å². The van der Waals surface area contributed by atoms with E-state index in [2.05, 4.69) is 40.6 Å². The number of allylic oxidation sites excluding steroid dienone is 5. The second-order valence-corrected chi connectivity index (χ2v) is 7.41. The minimum absolute atomic E-state index is 0.0233. The van der Waals surface area contributed by atoms with Crippen molar-refractivity contribution in [1.29, 1.82) is 5.26 Å². The average molecular weight is 441 g/mol. The number of hydrogen-bond donors (Lipinski definition) is 1. The molecular formula is C27H28N4O2. The number of nitriles is 1. The van der Waals surface area contributed by atoms with Crippen LogP contribution in [-0.2, 0) is 6.42 Å². The molecule has 3 rings (SSSR count). The van der Waals surface area contributed by atoms with Crippen molar-refractivity contribution < 1.29 is 9.47 Å². The van der Waals surface area contributed by atoms with Gasteiger partial charge in [-0.25, -0.2) is 9.97 Å². The van der Waals surface area contributed by atoms with Crippen LogP contribution in [-0.4, -0.2) is 29.2 Å². The summed E-state index contributed by atoms with van der Waals surface area (Å²) >= 11 is 0. The lowest BCUT2D eigenvalue weighted by atomic mass is 10.1. The SMILES string of the molecule is C=C/C=C(\C=C/C(C)Nc1ncnc(=C/C=C)/c1=C\Cc1ccc2c(c1)OCCO2)CC#N. The maximum atomic E-state index is 8.98. The lowest BCUT2D eigenvalue weighted by molar-refractivity contribution is 0.171. The highest BCUT2D eigenvalue weighted by molar-refractivity contribution is 5.50. The van der Waals surface area contributed by atoms with Crippen molar-refractivity contribution in [2.24, 2.45) is 0 Å². The molecule has 1 aliphatic rings. The van der Waals surface area contributed by atoms with E-state index in [1.807, 2.05) is 49.4 Å². The summed E-state index contributed by atoms with van der Waals surface area (Å²) in [6.45, 7) is 10.7. The van der Waals surface area contributed by atoms with Crippen LogP contribution in [0, 0.1) is 11.3 Å². The van der Waals surface area contributed by atoms with E-state index in [1.54, 1.807) is 12.2 Å². The van der Waals surface area contributed by atoms with Gasteiger partial charge in [0.05, 0.1) is 17.8 Å². The summed E-state index contributed by atoms with van der Waals surface area (Å²) in [5.74, 6) is 2.27. The molecule has 0 saturated carbocycles. The molecular weight excluding hydrogens is 412 g/mol. The summed E-state index contributed by atoms with van der Waals surface area (Å²) in [5, 5.41) is 14.1.